The largest absolute Gasteiger partial charge is 0.343 e. The molecule has 0 radical (unpaired) electrons. The monoisotopic (exact) mass is 529 g/mol. The van der Waals surface area contributed by atoms with Crippen LogP contribution in [0, 0.1) is 12.8 Å². The van der Waals surface area contributed by atoms with Crippen LogP contribution in [0.25, 0.3) is 0 Å². The van der Waals surface area contributed by atoms with Crippen molar-refractivity contribution in [2.45, 2.75) is 45.1 Å². The molecule has 6 nitrogen and oxygen atoms in total. The zero-order valence-electron chi connectivity index (χ0n) is 21.0. The van der Waals surface area contributed by atoms with Crippen LogP contribution in [0.1, 0.15) is 53.6 Å². The van der Waals surface area contributed by atoms with Gasteiger partial charge in [-0.05, 0) is 55.5 Å². The van der Waals surface area contributed by atoms with Gasteiger partial charge in [-0.15, -0.1) is 0 Å². The number of hydrogen-bond donors (Lipinski definition) is 0. The highest BCUT2D eigenvalue weighted by Crippen LogP contribution is 2.35. The summed E-state index contributed by atoms with van der Waals surface area (Å²) in [5.41, 5.74) is 2.58. The molecule has 2 atom stereocenters. The van der Waals surface area contributed by atoms with Gasteiger partial charge in [-0.1, -0.05) is 47.5 Å². The van der Waals surface area contributed by atoms with E-state index in [0.29, 0.717) is 61.1 Å². The summed E-state index contributed by atoms with van der Waals surface area (Å²) in [6.07, 6.45) is 2.03. The van der Waals surface area contributed by atoms with Gasteiger partial charge >= 0.3 is 0 Å². The van der Waals surface area contributed by atoms with Crippen LogP contribution < -0.4 is 0 Å². The van der Waals surface area contributed by atoms with Crippen LogP contribution in [0.5, 0.6) is 0 Å². The van der Waals surface area contributed by atoms with E-state index in [4.69, 9.17) is 23.2 Å². The maximum atomic E-state index is 13.5. The van der Waals surface area contributed by atoms with Gasteiger partial charge in [-0.2, -0.15) is 0 Å². The topological polar surface area (TPSA) is 60.9 Å². The van der Waals surface area contributed by atoms with Crippen molar-refractivity contribution in [2.24, 2.45) is 5.92 Å². The molecule has 0 N–H and O–H groups in total. The number of rotatable bonds is 4. The van der Waals surface area contributed by atoms with Gasteiger partial charge in [0.15, 0.2) is 0 Å². The molecule has 0 bridgehead atoms. The fraction of sp³-hybridized carbons (Fsp3) is 0.464. The van der Waals surface area contributed by atoms with E-state index in [2.05, 4.69) is 0 Å². The molecule has 0 saturated carbocycles. The molecule has 36 heavy (non-hydrogen) atoms. The molecule has 192 valence electrons. The first kappa shape index (κ1) is 26.5. The molecule has 2 aliphatic rings. The zero-order valence-corrected chi connectivity index (χ0v) is 22.6. The predicted molar refractivity (Wildman–Crippen MR) is 142 cm³/mol. The van der Waals surface area contributed by atoms with Gasteiger partial charge < -0.3 is 14.7 Å². The van der Waals surface area contributed by atoms with Crippen molar-refractivity contribution >= 4 is 40.9 Å². The number of halogens is 2. The minimum Gasteiger partial charge on any atom is -0.343 e. The second kappa shape index (κ2) is 11.2. The van der Waals surface area contributed by atoms with Crippen LogP contribution in [0.3, 0.4) is 0 Å². The molecule has 3 amide bonds. The van der Waals surface area contributed by atoms with Crippen LogP contribution >= 0.6 is 23.2 Å². The minimum atomic E-state index is -0.104. The summed E-state index contributed by atoms with van der Waals surface area (Å²) in [5.74, 6) is -0.0254. The lowest BCUT2D eigenvalue weighted by Crippen LogP contribution is -2.53. The molecule has 2 aromatic carbocycles. The first-order valence-corrected chi connectivity index (χ1v) is 13.2. The van der Waals surface area contributed by atoms with Crippen molar-refractivity contribution in [1.29, 1.82) is 0 Å². The first-order valence-electron chi connectivity index (χ1n) is 12.5. The van der Waals surface area contributed by atoms with Gasteiger partial charge in [0.25, 0.3) is 5.91 Å². The van der Waals surface area contributed by atoms with Crippen LogP contribution in [-0.2, 0) is 9.59 Å². The third kappa shape index (κ3) is 5.55. The normalized spacial score (nSPS) is 20.8. The number of likely N-dealkylation sites (N-methyl/N-ethyl adjacent to an activating group) is 1. The van der Waals surface area contributed by atoms with E-state index >= 15 is 0 Å². The molecule has 8 heteroatoms. The predicted octanol–water partition coefficient (Wildman–Crippen LogP) is 5.02. The third-order valence-electron chi connectivity index (χ3n) is 7.74. The van der Waals surface area contributed by atoms with Crippen molar-refractivity contribution in [2.75, 3.05) is 33.2 Å². The lowest BCUT2D eigenvalue weighted by atomic mass is 9.83. The first-order chi connectivity index (χ1) is 17.2. The third-order valence-corrected chi connectivity index (χ3v) is 8.48. The van der Waals surface area contributed by atoms with Gasteiger partial charge in [0.05, 0.1) is 10.0 Å². The number of aryl methyl sites for hydroxylation is 1. The number of piperidine rings is 2. The number of benzene rings is 2. The molecule has 2 saturated heterocycles. The maximum Gasteiger partial charge on any atom is 0.254 e. The zero-order chi connectivity index (χ0) is 26.0. The minimum absolute atomic E-state index is 0.0282. The van der Waals surface area contributed by atoms with Crippen molar-refractivity contribution in [3.8, 4) is 0 Å². The average molecular weight is 530 g/mol. The lowest BCUT2D eigenvalue weighted by molar-refractivity contribution is -0.141. The second-order valence-corrected chi connectivity index (χ2v) is 10.7. The maximum absolute atomic E-state index is 13.5. The summed E-state index contributed by atoms with van der Waals surface area (Å²) in [6, 6.07) is 13.1. The summed E-state index contributed by atoms with van der Waals surface area (Å²) < 4.78 is 0. The lowest BCUT2D eigenvalue weighted by Gasteiger charge is -2.44. The van der Waals surface area contributed by atoms with Gasteiger partial charge in [-0.3, -0.25) is 14.4 Å². The van der Waals surface area contributed by atoms with Gasteiger partial charge in [0, 0.05) is 63.6 Å². The molecule has 0 spiro atoms. The van der Waals surface area contributed by atoms with Gasteiger partial charge in [-0.25, -0.2) is 0 Å². The SMILES string of the molecule is CC(=O)N1CCC(C(=O)N2CCC(N(C)C(=O)c3ccccc3C)C(c3ccc(Cl)c(Cl)c3)C2)CC1. The molecule has 0 aliphatic carbocycles. The second-order valence-electron chi connectivity index (χ2n) is 9.93. The van der Waals surface area contributed by atoms with Crippen molar-refractivity contribution in [3.63, 3.8) is 0 Å². The van der Waals surface area contributed by atoms with E-state index in [-0.39, 0.29) is 35.6 Å². The fourth-order valence-corrected chi connectivity index (χ4v) is 5.83. The van der Waals surface area contributed by atoms with Gasteiger partial charge in [0.1, 0.15) is 0 Å². The summed E-state index contributed by atoms with van der Waals surface area (Å²) in [4.78, 5) is 44.2. The molecular weight excluding hydrogens is 497 g/mol. The highest BCUT2D eigenvalue weighted by atomic mass is 35.5. The molecule has 2 unspecified atom stereocenters. The molecule has 2 aliphatic heterocycles. The van der Waals surface area contributed by atoms with Crippen molar-refractivity contribution < 1.29 is 14.4 Å². The Hall–Kier alpha value is -2.57. The summed E-state index contributed by atoms with van der Waals surface area (Å²) in [6.45, 7) is 5.83. The highest BCUT2D eigenvalue weighted by molar-refractivity contribution is 6.42. The van der Waals surface area contributed by atoms with Crippen LogP contribution in [0.15, 0.2) is 42.5 Å². The molecular formula is C28H33Cl2N3O3. The molecule has 4 rings (SSSR count). The Morgan fingerprint density at radius 2 is 1.58 bits per heavy atom. The van der Waals surface area contributed by atoms with E-state index in [1.54, 1.807) is 17.9 Å². The summed E-state index contributed by atoms with van der Waals surface area (Å²) >= 11 is 12.6. The number of amides is 3. The van der Waals surface area contributed by atoms with E-state index < -0.39 is 0 Å². The smallest absolute Gasteiger partial charge is 0.254 e. The van der Waals surface area contributed by atoms with Crippen LogP contribution in [0.2, 0.25) is 10.0 Å². The Labute approximate surface area is 223 Å². The highest BCUT2D eigenvalue weighted by Gasteiger charge is 2.39. The number of likely N-dealkylation sites (tertiary alicyclic amines) is 2. The van der Waals surface area contributed by atoms with E-state index in [1.165, 1.54) is 0 Å². The Morgan fingerprint density at radius 3 is 2.22 bits per heavy atom. The van der Waals surface area contributed by atoms with E-state index in [9.17, 15) is 14.4 Å². The Bertz CT molecular complexity index is 1150. The van der Waals surface area contributed by atoms with Crippen LogP contribution in [0.4, 0.5) is 0 Å². The van der Waals surface area contributed by atoms with Crippen molar-refractivity contribution in [3.05, 3.63) is 69.2 Å². The fourth-order valence-electron chi connectivity index (χ4n) is 5.53. The Balaban J connectivity index is 1.56. The number of nitrogens with zero attached hydrogens (tertiary/aromatic N) is 3. The molecule has 0 aromatic heterocycles. The Kier molecular flexibility index (Phi) is 8.26. The Morgan fingerprint density at radius 1 is 0.917 bits per heavy atom. The number of carbonyl (C=O) groups excluding carboxylic acids is 3. The average Bonchev–Trinajstić information content (AvgIpc) is 2.89. The summed E-state index contributed by atoms with van der Waals surface area (Å²) in [5, 5.41) is 0.933. The molecule has 2 heterocycles. The quantitative estimate of drug-likeness (QED) is 0.558. The number of carbonyl (C=O) groups is 3. The summed E-state index contributed by atoms with van der Waals surface area (Å²) in [7, 11) is 1.85. The standard InChI is InChI=1S/C28H33Cl2N3O3/c1-18-6-4-5-7-22(18)28(36)31(3)26-12-15-33(17-23(26)21-8-9-24(29)25(30)16-21)27(35)20-10-13-32(14-11-20)19(2)34/h4-9,16,20,23,26H,10-15,17H2,1-3H3. The number of hydrogen-bond acceptors (Lipinski definition) is 3. The molecule has 2 aromatic rings. The van der Waals surface area contributed by atoms with E-state index in [0.717, 1.165) is 11.1 Å². The van der Waals surface area contributed by atoms with Crippen LogP contribution in [-0.4, -0.2) is 71.7 Å². The molecule has 2 fully saturated rings. The van der Waals surface area contributed by atoms with Gasteiger partial charge in [0.2, 0.25) is 11.8 Å². The van der Waals surface area contributed by atoms with Crippen molar-refractivity contribution in [1.82, 2.24) is 14.7 Å². The van der Waals surface area contributed by atoms with E-state index in [1.807, 2.05) is 60.2 Å².